The summed E-state index contributed by atoms with van der Waals surface area (Å²) in [6.07, 6.45) is 2.47. The molecule has 1 amide bonds. The predicted molar refractivity (Wildman–Crippen MR) is 102 cm³/mol. The first-order valence-electron chi connectivity index (χ1n) is 9.25. The molecule has 0 spiro atoms. The lowest BCUT2D eigenvalue weighted by Gasteiger charge is -2.38. The first kappa shape index (κ1) is 20.1. The quantitative estimate of drug-likeness (QED) is 0.772. The molecule has 0 aliphatic carbocycles. The Morgan fingerprint density at radius 1 is 1.44 bits per heavy atom. The number of hydrogen-bond donors (Lipinski definition) is 0. The maximum Gasteiger partial charge on any atom is 0.251 e. The Balaban J connectivity index is 2.05. The van der Waals surface area contributed by atoms with E-state index in [4.69, 9.17) is 9.72 Å². The number of rotatable bonds is 6. The van der Waals surface area contributed by atoms with Crippen molar-refractivity contribution < 1.29 is 9.53 Å². The van der Waals surface area contributed by atoms with Gasteiger partial charge in [-0.1, -0.05) is 27.7 Å². The molecular formula is C18H32N4O2S. The summed E-state index contributed by atoms with van der Waals surface area (Å²) < 4.78 is 10.1. The highest BCUT2D eigenvalue weighted by Crippen LogP contribution is 2.28. The maximum atomic E-state index is 12.7. The number of carbonyl (C=O) groups is 1. The van der Waals surface area contributed by atoms with Gasteiger partial charge in [-0.25, -0.2) is 4.98 Å². The maximum absolute atomic E-state index is 12.7. The highest BCUT2D eigenvalue weighted by atomic mass is 32.1. The van der Waals surface area contributed by atoms with Gasteiger partial charge in [0.15, 0.2) is 0 Å². The van der Waals surface area contributed by atoms with E-state index in [9.17, 15) is 4.79 Å². The summed E-state index contributed by atoms with van der Waals surface area (Å²) in [4.78, 5) is 21.6. The lowest BCUT2D eigenvalue weighted by molar-refractivity contribution is -0.144. The minimum atomic E-state index is -0.317. The van der Waals surface area contributed by atoms with Gasteiger partial charge in [0.25, 0.3) is 5.91 Å². The molecule has 1 aromatic rings. The Bertz CT molecular complexity index is 570. The minimum Gasteiger partial charge on any atom is -0.369 e. The highest BCUT2D eigenvalue weighted by molar-refractivity contribution is 7.09. The lowest BCUT2D eigenvalue weighted by atomic mass is 9.96. The van der Waals surface area contributed by atoms with E-state index in [1.165, 1.54) is 11.5 Å². The molecule has 2 atom stereocenters. The van der Waals surface area contributed by atoms with E-state index in [0.717, 1.165) is 43.3 Å². The molecule has 2 heterocycles. The third kappa shape index (κ3) is 4.91. The van der Waals surface area contributed by atoms with Gasteiger partial charge in [-0.05, 0) is 26.2 Å². The number of carbonyl (C=O) groups excluding carboxylic acids is 1. The zero-order chi connectivity index (χ0) is 18.6. The first-order chi connectivity index (χ1) is 11.8. The summed E-state index contributed by atoms with van der Waals surface area (Å²) in [6, 6.07) is 0.276. The molecule has 25 heavy (non-hydrogen) atoms. The minimum absolute atomic E-state index is 0.0456. The van der Waals surface area contributed by atoms with Gasteiger partial charge in [0.1, 0.15) is 11.9 Å². The van der Waals surface area contributed by atoms with Crippen LogP contribution in [0.5, 0.6) is 0 Å². The van der Waals surface area contributed by atoms with E-state index in [0.29, 0.717) is 6.61 Å². The second-order valence-electron chi connectivity index (χ2n) is 7.69. The van der Waals surface area contributed by atoms with Crippen LogP contribution in [0.2, 0.25) is 0 Å². The van der Waals surface area contributed by atoms with Crippen molar-refractivity contribution in [3.05, 3.63) is 5.82 Å². The number of anilines is 1. The van der Waals surface area contributed by atoms with E-state index in [-0.39, 0.29) is 23.5 Å². The fraction of sp³-hybridized carbons (Fsp3) is 0.833. The fourth-order valence-electron chi connectivity index (χ4n) is 3.06. The Labute approximate surface area is 155 Å². The van der Waals surface area contributed by atoms with E-state index < -0.39 is 0 Å². The van der Waals surface area contributed by atoms with Crippen molar-refractivity contribution in [1.29, 1.82) is 0 Å². The number of aromatic nitrogens is 2. The standard InChI is InChI=1S/C18H32N4O2S/c1-7-14(24-8-2)15(23)22-11-9-10-13(12-22)21(6)17-19-16(20-25-17)18(3,4)5/h13-14H,7-12H2,1-6H3. The Kier molecular flexibility index (Phi) is 6.79. The molecule has 0 N–H and O–H groups in total. The van der Waals surface area contributed by atoms with E-state index in [1.807, 2.05) is 18.7 Å². The molecule has 1 aliphatic heterocycles. The summed E-state index contributed by atoms with van der Waals surface area (Å²) in [6.45, 7) is 12.4. The molecule has 1 saturated heterocycles. The molecule has 1 aromatic heterocycles. The van der Waals surface area contributed by atoms with Crippen LogP contribution in [0.3, 0.4) is 0 Å². The third-order valence-electron chi connectivity index (χ3n) is 4.66. The van der Waals surface area contributed by atoms with Gasteiger partial charge in [-0.3, -0.25) is 4.79 Å². The number of amides is 1. The average molecular weight is 369 g/mol. The molecule has 0 radical (unpaired) electrons. The van der Waals surface area contributed by atoms with Crippen LogP contribution in [0.4, 0.5) is 5.13 Å². The Hall–Kier alpha value is -1.21. The van der Waals surface area contributed by atoms with E-state index in [2.05, 4.69) is 37.1 Å². The second kappa shape index (κ2) is 8.45. The van der Waals surface area contributed by atoms with Crippen molar-refractivity contribution in [2.45, 2.75) is 71.4 Å². The molecule has 2 rings (SSSR count). The van der Waals surface area contributed by atoms with Crippen LogP contribution in [0, 0.1) is 0 Å². The molecule has 0 bridgehead atoms. The van der Waals surface area contributed by atoms with Crippen LogP contribution in [0.15, 0.2) is 0 Å². The third-order valence-corrected chi connectivity index (χ3v) is 5.46. The van der Waals surface area contributed by atoms with Crippen molar-refractivity contribution in [1.82, 2.24) is 14.3 Å². The van der Waals surface area contributed by atoms with Crippen LogP contribution in [0.25, 0.3) is 0 Å². The predicted octanol–water partition coefficient (Wildman–Crippen LogP) is 3.08. The van der Waals surface area contributed by atoms with Crippen molar-refractivity contribution in [2.75, 3.05) is 31.6 Å². The number of hydrogen-bond acceptors (Lipinski definition) is 6. The van der Waals surface area contributed by atoms with Crippen molar-refractivity contribution in [2.24, 2.45) is 0 Å². The fourth-order valence-corrected chi connectivity index (χ4v) is 3.95. The Morgan fingerprint density at radius 2 is 2.16 bits per heavy atom. The number of likely N-dealkylation sites (N-methyl/N-ethyl adjacent to an activating group) is 1. The average Bonchev–Trinajstić information content (AvgIpc) is 3.09. The van der Waals surface area contributed by atoms with Gasteiger partial charge >= 0.3 is 0 Å². The summed E-state index contributed by atoms with van der Waals surface area (Å²) in [5.74, 6) is 1.00. The monoisotopic (exact) mass is 368 g/mol. The van der Waals surface area contributed by atoms with Crippen LogP contribution in [-0.4, -0.2) is 59.1 Å². The van der Waals surface area contributed by atoms with Gasteiger partial charge in [-0.2, -0.15) is 4.37 Å². The van der Waals surface area contributed by atoms with Gasteiger partial charge in [0.2, 0.25) is 5.13 Å². The number of piperidine rings is 1. The number of nitrogens with zero attached hydrogens (tertiary/aromatic N) is 4. The van der Waals surface area contributed by atoms with Crippen LogP contribution >= 0.6 is 11.5 Å². The van der Waals surface area contributed by atoms with Crippen molar-refractivity contribution >= 4 is 22.6 Å². The molecule has 1 aliphatic rings. The number of ether oxygens (including phenoxy) is 1. The summed E-state index contributed by atoms with van der Waals surface area (Å²) in [5, 5.41) is 0.932. The van der Waals surface area contributed by atoms with Crippen molar-refractivity contribution in [3.63, 3.8) is 0 Å². The lowest BCUT2D eigenvalue weighted by Crippen LogP contribution is -2.51. The molecule has 6 nitrogen and oxygen atoms in total. The van der Waals surface area contributed by atoms with E-state index >= 15 is 0 Å². The normalized spacial score (nSPS) is 19.8. The molecule has 1 fully saturated rings. The topological polar surface area (TPSA) is 58.6 Å². The summed E-state index contributed by atoms with van der Waals surface area (Å²) in [7, 11) is 2.06. The summed E-state index contributed by atoms with van der Waals surface area (Å²) in [5.41, 5.74) is -0.0456. The molecular weight excluding hydrogens is 336 g/mol. The molecule has 2 unspecified atom stereocenters. The zero-order valence-electron chi connectivity index (χ0n) is 16.4. The van der Waals surface area contributed by atoms with Gasteiger partial charge in [-0.15, -0.1) is 0 Å². The van der Waals surface area contributed by atoms with Crippen LogP contribution in [0.1, 0.15) is 59.7 Å². The highest BCUT2D eigenvalue weighted by Gasteiger charge is 2.31. The van der Waals surface area contributed by atoms with Gasteiger partial charge in [0.05, 0.1) is 0 Å². The molecule has 142 valence electrons. The number of likely N-dealkylation sites (tertiary alicyclic amines) is 1. The molecule has 0 aromatic carbocycles. The van der Waals surface area contributed by atoms with Gasteiger partial charge in [0, 0.05) is 49.7 Å². The van der Waals surface area contributed by atoms with Crippen LogP contribution in [-0.2, 0) is 14.9 Å². The molecule has 7 heteroatoms. The van der Waals surface area contributed by atoms with E-state index in [1.54, 1.807) is 0 Å². The summed E-state index contributed by atoms with van der Waals surface area (Å²) >= 11 is 1.44. The SMILES string of the molecule is CCOC(CC)C(=O)N1CCCC(N(C)c2nc(C(C)(C)C)ns2)C1. The molecule has 0 saturated carbocycles. The van der Waals surface area contributed by atoms with Crippen LogP contribution < -0.4 is 4.90 Å². The smallest absolute Gasteiger partial charge is 0.251 e. The largest absolute Gasteiger partial charge is 0.369 e. The van der Waals surface area contributed by atoms with Gasteiger partial charge < -0.3 is 14.5 Å². The first-order valence-corrected chi connectivity index (χ1v) is 10.0. The second-order valence-corrected chi connectivity index (χ2v) is 8.42. The zero-order valence-corrected chi connectivity index (χ0v) is 17.2. The van der Waals surface area contributed by atoms with Crippen molar-refractivity contribution in [3.8, 4) is 0 Å². The Morgan fingerprint density at radius 3 is 2.72 bits per heavy atom.